The van der Waals surface area contributed by atoms with Crippen LogP contribution in [0.25, 0.3) is 0 Å². The van der Waals surface area contributed by atoms with Crippen LogP contribution < -0.4 is 0 Å². The minimum atomic E-state index is -1.33. The van der Waals surface area contributed by atoms with Gasteiger partial charge in [0.05, 0.1) is 0 Å². The Hall–Kier alpha value is -1.69. The maximum atomic E-state index is 12.8. The van der Waals surface area contributed by atoms with Gasteiger partial charge in [-0.3, -0.25) is 4.79 Å². The first kappa shape index (κ1) is 18.4. The monoisotopic (exact) mass is 310 g/mol. The average Bonchev–Trinajstić information content (AvgIpc) is 2.37. The summed E-state index contributed by atoms with van der Waals surface area (Å²) >= 11 is 0. The van der Waals surface area contributed by atoms with Crippen LogP contribution >= 0.6 is 0 Å². The summed E-state index contributed by atoms with van der Waals surface area (Å²) < 4.78 is 5.15. The molecule has 22 heavy (non-hydrogen) atoms. The SMILES string of the molecule is COCC1(/[N+]([O-])=N\O)C=C(C(C)(C)C)C(=O)C(C(C)(C)C)=C1. The molecule has 0 amide bonds. The van der Waals surface area contributed by atoms with Crippen LogP contribution in [0, 0.1) is 16.0 Å². The standard InChI is InChI=1S/C16H26N2O4/c1-14(2,3)11-8-16(10-22-7,18(21)17-20)9-12(13(11)19)15(4,5)6/h8-9,20H,10H2,1-7H3/b18-17+. The number of carbonyl (C=O) groups is 1. The number of hydroxylamine groups is 1. The maximum Gasteiger partial charge on any atom is 0.263 e. The molecule has 1 aliphatic carbocycles. The fraction of sp³-hybridized carbons (Fsp3) is 0.688. The van der Waals surface area contributed by atoms with Gasteiger partial charge in [-0.2, -0.15) is 0 Å². The molecule has 6 heteroatoms. The molecule has 0 spiro atoms. The molecule has 0 aromatic rings. The third kappa shape index (κ3) is 3.38. The number of hydrogen-bond donors (Lipinski definition) is 1. The molecular formula is C16H26N2O4. The van der Waals surface area contributed by atoms with Crippen molar-refractivity contribution in [3.8, 4) is 0 Å². The molecule has 1 aliphatic rings. The zero-order chi connectivity index (χ0) is 17.3. The van der Waals surface area contributed by atoms with Crippen LogP contribution in [0.2, 0.25) is 0 Å². The van der Waals surface area contributed by atoms with Crippen LogP contribution in [-0.4, -0.2) is 35.1 Å². The zero-order valence-electron chi connectivity index (χ0n) is 14.4. The lowest BCUT2D eigenvalue weighted by molar-refractivity contribution is -0.610. The van der Waals surface area contributed by atoms with Gasteiger partial charge in [-0.15, -0.1) is 0 Å². The fourth-order valence-corrected chi connectivity index (χ4v) is 2.50. The highest BCUT2D eigenvalue weighted by molar-refractivity contribution is 6.11. The molecule has 0 heterocycles. The van der Waals surface area contributed by atoms with Crippen molar-refractivity contribution in [1.82, 2.24) is 0 Å². The predicted octanol–water partition coefficient (Wildman–Crippen LogP) is 3.25. The summed E-state index contributed by atoms with van der Waals surface area (Å²) in [4.78, 5) is 13.0. The number of nitrogens with zero attached hydrogens (tertiary/aromatic N) is 2. The molecule has 0 saturated carbocycles. The second-order valence-corrected chi connectivity index (χ2v) is 7.73. The van der Waals surface area contributed by atoms with Gasteiger partial charge in [0.1, 0.15) is 6.61 Å². The predicted molar refractivity (Wildman–Crippen MR) is 82.5 cm³/mol. The Balaban J connectivity index is 3.68. The van der Waals surface area contributed by atoms with Gasteiger partial charge in [-0.1, -0.05) is 41.5 Å². The largest absolute Gasteiger partial charge is 0.596 e. The van der Waals surface area contributed by atoms with Crippen molar-refractivity contribution >= 4 is 5.78 Å². The van der Waals surface area contributed by atoms with Gasteiger partial charge in [0.2, 0.25) is 0 Å². The third-order valence-corrected chi connectivity index (χ3v) is 3.71. The Labute approximate surface area is 131 Å². The van der Waals surface area contributed by atoms with Crippen LogP contribution in [0.5, 0.6) is 0 Å². The summed E-state index contributed by atoms with van der Waals surface area (Å²) in [5.41, 5.74) is -1.19. The van der Waals surface area contributed by atoms with E-state index in [1.807, 2.05) is 41.5 Å². The van der Waals surface area contributed by atoms with Crippen molar-refractivity contribution in [1.29, 1.82) is 0 Å². The third-order valence-electron chi connectivity index (χ3n) is 3.71. The first-order valence-electron chi connectivity index (χ1n) is 7.22. The van der Waals surface area contributed by atoms with E-state index in [1.165, 1.54) is 7.11 Å². The molecule has 1 N–H and O–H groups in total. The molecule has 1 rings (SSSR count). The van der Waals surface area contributed by atoms with Crippen LogP contribution in [-0.2, 0) is 9.53 Å². The second kappa shape index (κ2) is 5.83. The van der Waals surface area contributed by atoms with E-state index in [9.17, 15) is 10.0 Å². The molecule has 0 fully saturated rings. The van der Waals surface area contributed by atoms with Gasteiger partial charge >= 0.3 is 0 Å². The molecule has 0 aliphatic heterocycles. The molecule has 0 bridgehead atoms. The Morgan fingerprint density at radius 2 is 1.59 bits per heavy atom. The summed E-state index contributed by atoms with van der Waals surface area (Å²) in [6, 6.07) is 0. The molecule has 0 saturated heterocycles. The number of ketones is 1. The van der Waals surface area contributed by atoms with Crippen LogP contribution in [0.1, 0.15) is 41.5 Å². The number of rotatable bonds is 3. The van der Waals surface area contributed by atoms with E-state index in [1.54, 1.807) is 12.2 Å². The summed E-state index contributed by atoms with van der Waals surface area (Å²) in [5, 5.41) is 23.9. The topological polar surface area (TPSA) is 85.0 Å². The van der Waals surface area contributed by atoms with E-state index < -0.39 is 16.4 Å². The number of allylic oxidation sites excluding steroid dienone is 2. The molecular weight excluding hydrogens is 284 g/mol. The Morgan fingerprint density at radius 1 is 1.18 bits per heavy atom. The Bertz CT molecular complexity index is 511. The van der Waals surface area contributed by atoms with E-state index in [2.05, 4.69) is 5.28 Å². The van der Waals surface area contributed by atoms with Crippen molar-refractivity contribution in [3.63, 3.8) is 0 Å². The number of hydrogen-bond acceptors (Lipinski definition) is 4. The lowest BCUT2D eigenvalue weighted by atomic mass is 9.69. The van der Waals surface area contributed by atoms with E-state index in [0.717, 1.165) is 0 Å². The van der Waals surface area contributed by atoms with Gasteiger partial charge in [0.15, 0.2) is 11.1 Å². The van der Waals surface area contributed by atoms with Crippen molar-refractivity contribution in [2.45, 2.75) is 47.1 Å². The van der Waals surface area contributed by atoms with Crippen molar-refractivity contribution < 1.29 is 19.6 Å². The molecule has 6 nitrogen and oxygen atoms in total. The van der Waals surface area contributed by atoms with Gasteiger partial charge < -0.3 is 15.2 Å². The van der Waals surface area contributed by atoms with E-state index >= 15 is 0 Å². The molecule has 0 aromatic heterocycles. The lowest BCUT2D eigenvalue weighted by Gasteiger charge is -2.35. The minimum Gasteiger partial charge on any atom is -0.596 e. The molecule has 0 unspecified atom stereocenters. The molecule has 124 valence electrons. The second-order valence-electron chi connectivity index (χ2n) is 7.73. The van der Waals surface area contributed by atoms with Gasteiger partial charge in [0, 0.05) is 30.4 Å². The summed E-state index contributed by atoms with van der Waals surface area (Å²) in [7, 11) is 1.46. The Kier molecular flexibility index (Phi) is 4.87. The summed E-state index contributed by atoms with van der Waals surface area (Å²) in [5.74, 6) is -0.0851. The van der Waals surface area contributed by atoms with E-state index in [0.29, 0.717) is 11.1 Å². The first-order chi connectivity index (χ1) is 9.89. The summed E-state index contributed by atoms with van der Waals surface area (Å²) in [6.45, 7) is 11.4. The number of Topliss-reactive ketones (excluding diaryl/α,β-unsaturated/α-hetero) is 1. The highest BCUT2D eigenvalue weighted by Crippen LogP contribution is 2.41. The maximum absolute atomic E-state index is 12.8. The zero-order valence-corrected chi connectivity index (χ0v) is 14.4. The van der Waals surface area contributed by atoms with Crippen LogP contribution in [0.15, 0.2) is 28.6 Å². The lowest BCUT2D eigenvalue weighted by Crippen LogP contribution is -2.45. The molecule has 0 aromatic carbocycles. The smallest absolute Gasteiger partial charge is 0.263 e. The number of carbonyl (C=O) groups excluding carboxylic acids is 1. The fourth-order valence-electron chi connectivity index (χ4n) is 2.50. The highest BCUT2D eigenvalue weighted by atomic mass is 16.6. The van der Waals surface area contributed by atoms with Gasteiger partial charge in [-0.05, 0) is 15.7 Å². The Morgan fingerprint density at radius 3 is 1.86 bits per heavy atom. The molecule has 0 atom stereocenters. The number of ether oxygens (including phenoxy) is 1. The highest BCUT2D eigenvalue weighted by Gasteiger charge is 2.47. The van der Waals surface area contributed by atoms with Crippen LogP contribution in [0.3, 0.4) is 0 Å². The van der Waals surface area contributed by atoms with Gasteiger partial charge in [0.25, 0.3) is 5.54 Å². The van der Waals surface area contributed by atoms with E-state index in [-0.39, 0.29) is 17.3 Å². The summed E-state index contributed by atoms with van der Waals surface area (Å²) in [6.07, 6.45) is 3.11. The van der Waals surface area contributed by atoms with Crippen molar-refractivity contribution in [2.75, 3.05) is 13.7 Å². The van der Waals surface area contributed by atoms with Crippen LogP contribution in [0.4, 0.5) is 0 Å². The minimum absolute atomic E-state index is 0.0208. The normalized spacial score (nSPS) is 19.8. The van der Waals surface area contributed by atoms with Gasteiger partial charge in [-0.25, -0.2) is 0 Å². The number of methoxy groups -OCH3 is 1. The van der Waals surface area contributed by atoms with Crippen molar-refractivity contribution in [3.05, 3.63) is 28.5 Å². The van der Waals surface area contributed by atoms with Crippen molar-refractivity contribution in [2.24, 2.45) is 16.1 Å². The average molecular weight is 310 g/mol. The van der Waals surface area contributed by atoms with E-state index in [4.69, 9.17) is 9.94 Å². The quantitative estimate of drug-likeness (QED) is 0.492. The molecule has 0 radical (unpaired) electrons. The first-order valence-corrected chi connectivity index (χ1v) is 7.22.